The molecule has 19 heavy (non-hydrogen) atoms. The second-order valence-electron chi connectivity index (χ2n) is 4.55. The van der Waals surface area contributed by atoms with Crippen molar-refractivity contribution in [1.29, 1.82) is 0 Å². The highest BCUT2D eigenvalue weighted by molar-refractivity contribution is 5.86. The topological polar surface area (TPSA) is 125 Å². The first-order chi connectivity index (χ1) is 8.90. The molecule has 0 saturated carbocycles. The SMILES string of the molecule is CC1COCCC1NC(=O)N[C@@H](CC(=O)O)C(=O)O. The van der Waals surface area contributed by atoms with Crippen LogP contribution in [-0.4, -0.2) is 53.5 Å². The molecular weight excluding hydrogens is 256 g/mol. The molecule has 8 nitrogen and oxygen atoms in total. The third-order valence-corrected chi connectivity index (χ3v) is 2.94. The lowest BCUT2D eigenvalue weighted by Crippen LogP contribution is -2.52. The Morgan fingerprint density at radius 1 is 1.37 bits per heavy atom. The number of hydrogen-bond donors (Lipinski definition) is 4. The van der Waals surface area contributed by atoms with Gasteiger partial charge in [0.15, 0.2) is 0 Å². The van der Waals surface area contributed by atoms with Gasteiger partial charge in [0.25, 0.3) is 0 Å². The lowest BCUT2D eigenvalue weighted by molar-refractivity contribution is -0.145. The highest BCUT2D eigenvalue weighted by Crippen LogP contribution is 2.13. The standard InChI is InChI=1S/C11H18N2O6/c1-6-5-19-3-2-7(6)12-11(18)13-8(10(16)17)4-9(14)15/h6-8H,2-5H2,1H3,(H,14,15)(H,16,17)(H2,12,13,18)/t6?,7?,8-/m0/s1. The third-order valence-electron chi connectivity index (χ3n) is 2.94. The molecule has 0 aliphatic carbocycles. The van der Waals surface area contributed by atoms with E-state index in [9.17, 15) is 14.4 Å². The second kappa shape index (κ2) is 6.93. The van der Waals surface area contributed by atoms with Crippen molar-refractivity contribution in [3.63, 3.8) is 0 Å². The molecule has 0 bridgehead atoms. The Morgan fingerprint density at radius 2 is 2.05 bits per heavy atom. The van der Waals surface area contributed by atoms with Gasteiger partial charge in [0.2, 0.25) is 0 Å². The summed E-state index contributed by atoms with van der Waals surface area (Å²) in [6.07, 6.45) is -0.0165. The van der Waals surface area contributed by atoms with Gasteiger partial charge < -0.3 is 25.6 Å². The van der Waals surface area contributed by atoms with Crippen molar-refractivity contribution in [2.75, 3.05) is 13.2 Å². The Bertz CT molecular complexity index is 359. The maximum atomic E-state index is 11.6. The van der Waals surface area contributed by atoms with Crippen molar-refractivity contribution in [2.24, 2.45) is 5.92 Å². The van der Waals surface area contributed by atoms with Gasteiger partial charge in [-0.1, -0.05) is 6.92 Å². The highest BCUT2D eigenvalue weighted by atomic mass is 16.5. The zero-order valence-electron chi connectivity index (χ0n) is 10.6. The number of ether oxygens (including phenoxy) is 1. The summed E-state index contributed by atoms with van der Waals surface area (Å²) >= 11 is 0. The van der Waals surface area contributed by atoms with Crippen molar-refractivity contribution in [3.05, 3.63) is 0 Å². The molecule has 1 fully saturated rings. The monoisotopic (exact) mass is 274 g/mol. The van der Waals surface area contributed by atoms with Crippen molar-refractivity contribution in [1.82, 2.24) is 10.6 Å². The van der Waals surface area contributed by atoms with Gasteiger partial charge in [-0.3, -0.25) is 4.79 Å². The van der Waals surface area contributed by atoms with E-state index in [1.807, 2.05) is 6.92 Å². The molecule has 2 unspecified atom stereocenters. The molecule has 3 atom stereocenters. The van der Waals surface area contributed by atoms with Crippen LogP contribution in [0, 0.1) is 5.92 Å². The summed E-state index contributed by atoms with van der Waals surface area (Å²) in [5, 5.41) is 22.1. The number of hydrogen-bond acceptors (Lipinski definition) is 4. The molecule has 0 aromatic heterocycles. The summed E-state index contributed by atoms with van der Waals surface area (Å²) in [4.78, 5) is 32.9. The Labute approximate surface area is 110 Å². The number of carbonyl (C=O) groups is 3. The van der Waals surface area contributed by atoms with E-state index in [2.05, 4.69) is 10.6 Å². The molecule has 1 heterocycles. The molecule has 0 aromatic rings. The van der Waals surface area contributed by atoms with Crippen LogP contribution in [0.15, 0.2) is 0 Å². The van der Waals surface area contributed by atoms with E-state index in [0.717, 1.165) is 0 Å². The minimum Gasteiger partial charge on any atom is -0.481 e. The third kappa shape index (κ3) is 5.12. The van der Waals surface area contributed by atoms with E-state index < -0.39 is 30.4 Å². The van der Waals surface area contributed by atoms with Crippen molar-refractivity contribution in [3.8, 4) is 0 Å². The number of carboxylic acids is 2. The quantitative estimate of drug-likeness (QED) is 0.542. The number of carboxylic acid groups (broad SMARTS) is 2. The molecule has 0 radical (unpaired) electrons. The van der Waals surface area contributed by atoms with E-state index in [4.69, 9.17) is 14.9 Å². The summed E-state index contributed by atoms with van der Waals surface area (Å²) in [6.45, 7) is 2.98. The van der Waals surface area contributed by atoms with Gasteiger partial charge in [-0.15, -0.1) is 0 Å². The van der Waals surface area contributed by atoms with Crippen LogP contribution < -0.4 is 10.6 Å². The maximum absolute atomic E-state index is 11.6. The van der Waals surface area contributed by atoms with Gasteiger partial charge in [0.1, 0.15) is 6.04 Å². The Kier molecular flexibility index (Phi) is 5.56. The summed E-state index contributed by atoms with van der Waals surface area (Å²) in [6, 6.07) is -2.21. The fraction of sp³-hybridized carbons (Fsp3) is 0.727. The first-order valence-electron chi connectivity index (χ1n) is 5.99. The summed E-state index contributed by atoms with van der Waals surface area (Å²) in [5.41, 5.74) is 0. The molecule has 0 spiro atoms. The Morgan fingerprint density at radius 3 is 2.58 bits per heavy atom. The Balaban J connectivity index is 2.47. The molecule has 8 heteroatoms. The van der Waals surface area contributed by atoms with Gasteiger partial charge in [-0.25, -0.2) is 9.59 Å². The van der Waals surface area contributed by atoms with Crippen LogP contribution >= 0.6 is 0 Å². The number of nitrogens with one attached hydrogen (secondary N) is 2. The minimum atomic E-state index is -1.44. The normalized spacial score (nSPS) is 24.3. The van der Waals surface area contributed by atoms with Crippen LogP contribution in [0.3, 0.4) is 0 Å². The summed E-state index contributed by atoms with van der Waals surface area (Å²) in [7, 11) is 0. The number of carbonyl (C=O) groups excluding carboxylic acids is 1. The van der Waals surface area contributed by atoms with E-state index >= 15 is 0 Å². The molecule has 0 aromatic carbocycles. The van der Waals surface area contributed by atoms with E-state index in [1.165, 1.54) is 0 Å². The second-order valence-corrected chi connectivity index (χ2v) is 4.55. The van der Waals surface area contributed by atoms with Gasteiger partial charge in [-0.05, 0) is 12.3 Å². The first kappa shape index (κ1) is 15.2. The first-order valence-corrected chi connectivity index (χ1v) is 5.99. The number of urea groups is 1. The van der Waals surface area contributed by atoms with Gasteiger partial charge >= 0.3 is 18.0 Å². The summed E-state index contributed by atoms with van der Waals surface area (Å²) in [5.74, 6) is -2.54. The zero-order chi connectivity index (χ0) is 14.4. The average molecular weight is 274 g/mol. The fourth-order valence-electron chi connectivity index (χ4n) is 1.84. The van der Waals surface area contributed by atoms with Crippen LogP contribution in [0.1, 0.15) is 19.8 Å². The predicted molar refractivity (Wildman–Crippen MR) is 63.7 cm³/mol. The van der Waals surface area contributed by atoms with Crippen LogP contribution in [0.2, 0.25) is 0 Å². The fourth-order valence-corrected chi connectivity index (χ4v) is 1.84. The van der Waals surface area contributed by atoms with Gasteiger partial charge in [0, 0.05) is 12.6 Å². The van der Waals surface area contributed by atoms with Crippen LogP contribution in [0.5, 0.6) is 0 Å². The molecule has 1 aliphatic heterocycles. The van der Waals surface area contributed by atoms with E-state index in [0.29, 0.717) is 19.6 Å². The molecule has 4 N–H and O–H groups in total. The van der Waals surface area contributed by atoms with Crippen LogP contribution in [0.25, 0.3) is 0 Å². The molecule has 2 amide bonds. The summed E-state index contributed by atoms with van der Waals surface area (Å²) < 4.78 is 5.22. The average Bonchev–Trinajstić information content (AvgIpc) is 2.30. The molecule has 1 aliphatic rings. The largest absolute Gasteiger partial charge is 0.481 e. The minimum absolute atomic E-state index is 0.104. The van der Waals surface area contributed by atoms with Crippen molar-refractivity contribution < 1.29 is 29.3 Å². The van der Waals surface area contributed by atoms with E-state index in [-0.39, 0.29) is 12.0 Å². The van der Waals surface area contributed by atoms with Gasteiger partial charge in [-0.2, -0.15) is 0 Å². The van der Waals surface area contributed by atoms with Crippen LogP contribution in [0.4, 0.5) is 4.79 Å². The number of amides is 2. The molecular formula is C11H18N2O6. The van der Waals surface area contributed by atoms with Crippen LogP contribution in [-0.2, 0) is 14.3 Å². The van der Waals surface area contributed by atoms with Crippen molar-refractivity contribution in [2.45, 2.75) is 31.8 Å². The highest BCUT2D eigenvalue weighted by Gasteiger charge is 2.27. The smallest absolute Gasteiger partial charge is 0.326 e. The number of aliphatic carboxylic acids is 2. The zero-order valence-corrected chi connectivity index (χ0v) is 10.6. The lowest BCUT2D eigenvalue weighted by Gasteiger charge is -2.29. The Hall–Kier alpha value is -1.83. The molecule has 1 saturated heterocycles. The lowest BCUT2D eigenvalue weighted by atomic mass is 9.98. The maximum Gasteiger partial charge on any atom is 0.326 e. The van der Waals surface area contributed by atoms with Crippen molar-refractivity contribution >= 4 is 18.0 Å². The number of rotatable bonds is 5. The van der Waals surface area contributed by atoms with Gasteiger partial charge in [0.05, 0.1) is 13.0 Å². The molecule has 108 valence electrons. The predicted octanol–water partition coefficient (Wildman–Crippen LogP) is -0.361. The molecule has 1 rings (SSSR count). The van der Waals surface area contributed by atoms with E-state index in [1.54, 1.807) is 0 Å².